The lowest BCUT2D eigenvalue weighted by atomic mass is 10.1. The number of hydrogen-bond donors (Lipinski definition) is 2. The number of carbonyl (C=O) groups is 1. The number of aryl methyl sites for hydroxylation is 2. The van der Waals surface area contributed by atoms with E-state index >= 15 is 0 Å². The topological polar surface area (TPSA) is 68.0 Å². The van der Waals surface area contributed by atoms with Crippen LogP contribution in [0.25, 0.3) is 11.3 Å². The van der Waals surface area contributed by atoms with Crippen LogP contribution >= 0.6 is 23.7 Å². The number of thiazole rings is 1. The van der Waals surface area contributed by atoms with Crippen LogP contribution in [-0.4, -0.2) is 16.9 Å². The third kappa shape index (κ3) is 5.61. The summed E-state index contributed by atoms with van der Waals surface area (Å²) in [4.78, 5) is 17.4. The van der Waals surface area contributed by atoms with Crippen LogP contribution in [0.5, 0.6) is 0 Å². The molecule has 1 aromatic heterocycles. The van der Waals surface area contributed by atoms with E-state index in [0.29, 0.717) is 11.6 Å². The molecule has 0 saturated carbocycles. The Bertz CT molecular complexity index is 638. The van der Waals surface area contributed by atoms with Gasteiger partial charge in [-0.05, 0) is 25.8 Å². The number of nitrogens with one attached hydrogen (secondary N) is 1. The fourth-order valence-electron chi connectivity index (χ4n) is 2.30. The van der Waals surface area contributed by atoms with Crippen LogP contribution < -0.4 is 11.1 Å². The van der Waals surface area contributed by atoms with Gasteiger partial charge in [0.05, 0.1) is 5.69 Å². The molecule has 23 heavy (non-hydrogen) atoms. The number of nitrogens with zero attached hydrogens (tertiary/aromatic N) is 1. The van der Waals surface area contributed by atoms with Crippen molar-refractivity contribution in [1.82, 2.24) is 4.98 Å². The molecule has 1 aromatic carbocycles. The van der Waals surface area contributed by atoms with E-state index in [4.69, 9.17) is 5.73 Å². The van der Waals surface area contributed by atoms with E-state index in [9.17, 15) is 4.79 Å². The van der Waals surface area contributed by atoms with E-state index < -0.39 is 0 Å². The standard InChI is InChI=1S/C17H23N3OS.ClH/c1-4-5-13-6-8-14(9-7-13)16-12(3)22-17(20-16)19-15(21)10-11(2)18;/h6-9,11H,4-5,10,18H2,1-3H3,(H,19,20,21);1H. The van der Waals surface area contributed by atoms with Gasteiger partial charge in [-0.3, -0.25) is 4.79 Å². The van der Waals surface area contributed by atoms with Gasteiger partial charge in [-0.1, -0.05) is 37.6 Å². The Labute approximate surface area is 147 Å². The highest BCUT2D eigenvalue weighted by atomic mass is 35.5. The average Bonchev–Trinajstić information content (AvgIpc) is 2.79. The fraction of sp³-hybridized carbons (Fsp3) is 0.412. The summed E-state index contributed by atoms with van der Waals surface area (Å²) in [6, 6.07) is 8.34. The highest BCUT2D eigenvalue weighted by Gasteiger charge is 2.13. The highest BCUT2D eigenvalue weighted by Crippen LogP contribution is 2.30. The molecule has 0 aliphatic heterocycles. The lowest BCUT2D eigenvalue weighted by Crippen LogP contribution is -2.23. The lowest BCUT2D eigenvalue weighted by Gasteiger charge is -2.04. The summed E-state index contributed by atoms with van der Waals surface area (Å²) in [6.45, 7) is 6.01. The number of rotatable bonds is 6. The average molecular weight is 354 g/mol. The van der Waals surface area contributed by atoms with E-state index in [-0.39, 0.29) is 24.4 Å². The van der Waals surface area contributed by atoms with Gasteiger partial charge in [0.25, 0.3) is 0 Å². The van der Waals surface area contributed by atoms with Gasteiger partial charge in [-0.25, -0.2) is 4.98 Å². The second-order valence-electron chi connectivity index (χ2n) is 5.60. The molecule has 3 N–H and O–H groups in total. The Balaban J connectivity index is 0.00000264. The molecular weight excluding hydrogens is 330 g/mol. The number of anilines is 1. The summed E-state index contributed by atoms with van der Waals surface area (Å²) < 4.78 is 0. The predicted octanol–water partition coefficient (Wildman–Crippen LogP) is 4.17. The second-order valence-corrected chi connectivity index (χ2v) is 6.80. The van der Waals surface area contributed by atoms with Crippen LogP contribution in [0.15, 0.2) is 24.3 Å². The van der Waals surface area contributed by atoms with Gasteiger partial charge in [0.1, 0.15) is 0 Å². The Morgan fingerprint density at radius 2 is 2.00 bits per heavy atom. The third-order valence-electron chi connectivity index (χ3n) is 3.32. The Hall–Kier alpha value is -1.43. The van der Waals surface area contributed by atoms with Gasteiger partial charge in [-0.2, -0.15) is 0 Å². The first-order chi connectivity index (χ1) is 10.5. The van der Waals surface area contributed by atoms with E-state index in [1.807, 2.05) is 13.8 Å². The van der Waals surface area contributed by atoms with Gasteiger partial charge in [0.15, 0.2) is 5.13 Å². The van der Waals surface area contributed by atoms with E-state index in [0.717, 1.165) is 29.0 Å². The first-order valence-corrected chi connectivity index (χ1v) is 8.43. The molecule has 4 nitrogen and oxygen atoms in total. The summed E-state index contributed by atoms with van der Waals surface area (Å²) >= 11 is 1.50. The Morgan fingerprint density at radius 3 is 2.57 bits per heavy atom. The molecule has 0 aliphatic carbocycles. The van der Waals surface area contributed by atoms with Gasteiger partial charge in [-0.15, -0.1) is 23.7 Å². The van der Waals surface area contributed by atoms with Gasteiger partial charge < -0.3 is 11.1 Å². The van der Waals surface area contributed by atoms with Gasteiger partial charge >= 0.3 is 0 Å². The van der Waals surface area contributed by atoms with Crippen molar-refractivity contribution in [3.05, 3.63) is 34.7 Å². The van der Waals surface area contributed by atoms with E-state index in [1.165, 1.54) is 16.9 Å². The minimum atomic E-state index is -0.147. The van der Waals surface area contributed by atoms with Crippen LogP contribution in [0.3, 0.4) is 0 Å². The first-order valence-electron chi connectivity index (χ1n) is 7.61. The molecule has 126 valence electrons. The normalized spacial score (nSPS) is 11.7. The summed E-state index contributed by atoms with van der Waals surface area (Å²) in [5.74, 6) is -0.0893. The molecule has 0 bridgehead atoms. The molecule has 0 aliphatic rings. The molecular formula is C17H24ClN3OS. The molecule has 0 saturated heterocycles. The number of nitrogens with two attached hydrogens (primary N) is 1. The molecule has 0 fully saturated rings. The van der Waals surface area contributed by atoms with Gasteiger partial charge in [0, 0.05) is 22.9 Å². The smallest absolute Gasteiger partial charge is 0.227 e. The van der Waals surface area contributed by atoms with Crippen LogP contribution in [0.4, 0.5) is 5.13 Å². The first kappa shape index (κ1) is 19.6. The number of halogens is 1. The highest BCUT2D eigenvalue weighted by molar-refractivity contribution is 7.16. The summed E-state index contributed by atoms with van der Waals surface area (Å²) in [5.41, 5.74) is 8.99. The maximum Gasteiger partial charge on any atom is 0.227 e. The number of carbonyl (C=O) groups excluding carboxylic acids is 1. The molecule has 1 amide bonds. The van der Waals surface area contributed by atoms with Crippen LogP contribution in [0, 0.1) is 6.92 Å². The summed E-state index contributed by atoms with van der Waals surface area (Å²) in [5, 5.41) is 3.46. The van der Waals surface area contributed by atoms with Crippen molar-refractivity contribution in [2.45, 2.75) is 46.1 Å². The predicted molar refractivity (Wildman–Crippen MR) is 100 cm³/mol. The zero-order valence-corrected chi connectivity index (χ0v) is 15.4. The molecule has 0 radical (unpaired) electrons. The third-order valence-corrected chi connectivity index (χ3v) is 4.20. The molecule has 1 atom stereocenters. The molecule has 1 unspecified atom stereocenters. The minimum Gasteiger partial charge on any atom is -0.327 e. The van der Waals surface area contributed by atoms with Crippen molar-refractivity contribution < 1.29 is 4.79 Å². The van der Waals surface area contributed by atoms with Crippen LogP contribution in [0.1, 0.15) is 37.1 Å². The molecule has 0 spiro atoms. The van der Waals surface area contributed by atoms with Crippen molar-refractivity contribution in [2.75, 3.05) is 5.32 Å². The lowest BCUT2D eigenvalue weighted by molar-refractivity contribution is -0.116. The Morgan fingerprint density at radius 1 is 1.35 bits per heavy atom. The quantitative estimate of drug-likeness (QED) is 0.818. The fourth-order valence-corrected chi connectivity index (χ4v) is 3.15. The van der Waals surface area contributed by atoms with Crippen molar-refractivity contribution >= 4 is 34.8 Å². The summed E-state index contributed by atoms with van der Waals surface area (Å²) in [6.07, 6.45) is 2.54. The second kappa shape index (κ2) is 9.01. The van der Waals surface area contributed by atoms with Crippen molar-refractivity contribution in [3.8, 4) is 11.3 Å². The van der Waals surface area contributed by atoms with Crippen molar-refractivity contribution in [1.29, 1.82) is 0 Å². The monoisotopic (exact) mass is 353 g/mol. The number of hydrogen-bond acceptors (Lipinski definition) is 4. The zero-order valence-electron chi connectivity index (χ0n) is 13.8. The molecule has 2 rings (SSSR count). The maximum absolute atomic E-state index is 11.8. The van der Waals surface area contributed by atoms with Crippen molar-refractivity contribution in [2.24, 2.45) is 5.73 Å². The molecule has 2 aromatic rings. The number of benzene rings is 1. The van der Waals surface area contributed by atoms with E-state index in [1.54, 1.807) is 0 Å². The van der Waals surface area contributed by atoms with E-state index in [2.05, 4.69) is 41.5 Å². The van der Waals surface area contributed by atoms with Crippen LogP contribution in [-0.2, 0) is 11.2 Å². The largest absolute Gasteiger partial charge is 0.327 e. The molecule has 6 heteroatoms. The maximum atomic E-state index is 11.8. The minimum absolute atomic E-state index is 0. The van der Waals surface area contributed by atoms with Gasteiger partial charge in [0.2, 0.25) is 5.91 Å². The zero-order chi connectivity index (χ0) is 16.1. The number of amides is 1. The SMILES string of the molecule is CCCc1ccc(-c2nc(NC(=O)CC(C)N)sc2C)cc1.Cl. The van der Waals surface area contributed by atoms with Crippen molar-refractivity contribution in [3.63, 3.8) is 0 Å². The molecule has 1 heterocycles. The number of aromatic nitrogens is 1. The van der Waals surface area contributed by atoms with Crippen LogP contribution in [0.2, 0.25) is 0 Å². The summed E-state index contributed by atoms with van der Waals surface area (Å²) in [7, 11) is 0. The Kier molecular flexibility index (Phi) is 7.68.